The fourth-order valence-electron chi connectivity index (χ4n) is 9.41. The molecule has 38 heavy (non-hydrogen) atoms. The molecule has 6 bridgehead atoms. The Hall–Kier alpha value is -2.97. The molecular weight excluding hydrogens is 484 g/mol. The smallest absolute Gasteiger partial charge is 0.338 e. The summed E-state index contributed by atoms with van der Waals surface area (Å²) < 4.78 is 23.2. The van der Waals surface area contributed by atoms with Crippen LogP contribution in [0.3, 0.4) is 0 Å². The molecule has 5 fully saturated rings. The van der Waals surface area contributed by atoms with Gasteiger partial charge in [0.15, 0.2) is 11.5 Å². The highest BCUT2D eigenvalue weighted by atomic mass is 16.5. The molecule has 8 heteroatoms. The lowest BCUT2D eigenvalue weighted by Gasteiger charge is -2.62. The number of aliphatic hydroxyl groups excluding tert-OH is 1. The number of hydrogen-bond donors (Lipinski definition) is 1. The number of fused-ring (bicyclic) bond motifs is 2. The van der Waals surface area contributed by atoms with Gasteiger partial charge in [-0.1, -0.05) is 25.1 Å². The Morgan fingerprint density at radius 3 is 2.45 bits per heavy atom. The van der Waals surface area contributed by atoms with E-state index < -0.39 is 6.23 Å². The molecule has 1 unspecified atom stereocenters. The van der Waals surface area contributed by atoms with E-state index in [0.717, 1.165) is 19.3 Å². The van der Waals surface area contributed by atoms with E-state index in [2.05, 4.69) is 48.0 Å². The van der Waals surface area contributed by atoms with Gasteiger partial charge in [0, 0.05) is 36.7 Å². The van der Waals surface area contributed by atoms with Crippen molar-refractivity contribution in [3.8, 4) is 17.2 Å². The van der Waals surface area contributed by atoms with Gasteiger partial charge in [0.2, 0.25) is 5.75 Å². The highest BCUT2D eigenvalue weighted by molar-refractivity contribution is 5.91. The number of ether oxygens (including phenoxy) is 4. The fraction of sp³-hybridized carbons (Fsp3) is 0.567. The van der Waals surface area contributed by atoms with Crippen molar-refractivity contribution >= 4 is 11.7 Å². The second-order valence-electron chi connectivity index (χ2n) is 11.6. The number of piperidine rings is 4. The highest BCUT2D eigenvalue weighted by Crippen LogP contribution is 2.69. The summed E-state index contributed by atoms with van der Waals surface area (Å²) in [5, 5.41) is 11.5. The van der Waals surface area contributed by atoms with Gasteiger partial charge in [-0.05, 0) is 48.9 Å². The van der Waals surface area contributed by atoms with Crippen molar-refractivity contribution in [1.82, 2.24) is 4.90 Å². The zero-order valence-electron chi connectivity index (χ0n) is 22.6. The van der Waals surface area contributed by atoms with Crippen molar-refractivity contribution in [1.29, 1.82) is 0 Å². The number of methoxy groups -OCH3 is 3. The molecule has 5 aliphatic heterocycles. The van der Waals surface area contributed by atoms with E-state index in [1.165, 1.54) is 11.3 Å². The lowest BCUT2D eigenvalue weighted by Crippen LogP contribution is -2.72. The fourth-order valence-corrected chi connectivity index (χ4v) is 9.41. The van der Waals surface area contributed by atoms with Crippen molar-refractivity contribution in [2.45, 2.75) is 62.1 Å². The number of hydrogen-bond acceptors (Lipinski definition) is 8. The minimum absolute atomic E-state index is 0.136. The Balaban J connectivity index is 1.35. The Kier molecular flexibility index (Phi) is 5.24. The molecule has 202 valence electrons. The number of rotatable bonds is 6. The first kappa shape index (κ1) is 24.1. The quantitative estimate of drug-likeness (QED) is 0.581. The second-order valence-corrected chi connectivity index (χ2v) is 11.6. The van der Waals surface area contributed by atoms with E-state index in [0.29, 0.717) is 28.7 Å². The topological polar surface area (TPSA) is 80.7 Å². The molecular formula is C30H36N2O6. The van der Waals surface area contributed by atoms with Crippen LogP contribution < -0.4 is 19.1 Å². The van der Waals surface area contributed by atoms with Gasteiger partial charge >= 0.3 is 5.97 Å². The van der Waals surface area contributed by atoms with Crippen LogP contribution in [0.15, 0.2) is 36.4 Å². The van der Waals surface area contributed by atoms with Crippen molar-refractivity contribution in [3.63, 3.8) is 0 Å². The molecule has 0 amide bonds. The standard InChI is InChI=1S/C30H36N2O6/c1-6-16-17-13-20-26-30(18-9-7-8-10-19(18)31(26)2)14-21(32(20)28(16)33)24(17)27(30)38-29(34)15-11-22(35-3)25(37-5)23(12-15)36-4/h7-12,16-17,20-21,24,26-28,33H,6,13-14H2,1-5H3/t16-,17-,20-,21-,24+,26-,27+,28-,30+/m0/s1. The molecule has 4 saturated heterocycles. The number of carbonyl (C=O) groups is 1. The SMILES string of the molecule is CC[C@H]1[C@@H]2C[C@H]3[C@@H]4N(C)c5ccccc5[C@]45C[C@@H]([C@@H]2[C@H]5OC(=O)c2cc(OC)c(OC)c(OC)c2)N3[C@H]1O. The summed E-state index contributed by atoms with van der Waals surface area (Å²) in [6.45, 7) is 2.17. The van der Waals surface area contributed by atoms with Crippen LogP contribution in [0.1, 0.15) is 42.1 Å². The molecule has 6 aliphatic rings. The third-order valence-electron chi connectivity index (χ3n) is 10.6. The molecule has 8 nitrogen and oxygen atoms in total. The van der Waals surface area contributed by atoms with Gasteiger partial charge in [-0.15, -0.1) is 0 Å². The largest absolute Gasteiger partial charge is 0.493 e. The van der Waals surface area contributed by atoms with E-state index >= 15 is 0 Å². The number of benzene rings is 2. The summed E-state index contributed by atoms with van der Waals surface area (Å²) in [7, 11) is 6.80. The average molecular weight is 521 g/mol. The van der Waals surface area contributed by atoms with Crippen LogP contribution in [-0.4, -0.2) is 74.8 Å². The number of para-hydroxylation sites is 1. The molecule has 1 saturated carbocycles. The van der Waals surface area contributed by atoms with Gasteiger partial charge in [-0.2, -0.15) is 0 Å². The molecule has 0 radical (unpaired) electrons. The van der Waals surface area contributed by atoms with Gasteiger partial charge in [0.25, 0.3) is 0 Å². The minimum Gasteiger partial charge on any atom is -0.493 e. The predicted molar refractivity (Wildman–Crippen MR) is 141 cm³/mol. The number of anilines is 1. The maximum Gasteiger partial charge on any atom is 0.338 e. The summed E-state index contributed by atoms with van der Waals surface area (Å²) in [5.74, 6) is 1.58. The number of nitrogens with zero attached hydrogens (tertiary/aromatic N) is 2. The van der Waals surface area contributed by atoms with Crippen LogP contribution in [-0.2, 0) is 10.2 Å². The number of likely N-dealkylation sites (N-methyl/N-ethyl adjacent to an activating group) is 1. The van der Waals surface area contributed by atoms with Gasteiger partial charge in [-0.25, -0.2) is 4.79 Å². The normalized spacial score (nSPS) is 39.1. The highest BCUT2D eigenvalue weighted by Gasteiger charge is 2.77. The second kappa shape index (κ2) is 8.26. The number of esters is 1. The van der Waals surface area contributed by atoms with Crippen molar-refractivity contribution < 1.29 is 28.8 Å². The Morgan fingerprint density at radius 1 is 1.08 bits per heavy atom. The summed E-state index contributed by atoms with van der Waals surface area (Å²) in [5.41, 5.74) is 2.55. The number of carbonyl (C=O) groups excluding carboxylic acids is 1. The summed E-state index contributed by atoms with van der Waals surface area (Å²) in [6.07, 6.45) is 2.09. The van der Waals surface area contributed by atoms with Crippen molar-refractivity contribution in [2.24, 2.45) is 17.8 Å². The van der Waals surface area contributed by atoms with Crippen LogP contribution in [0.4, 0.5) is 5.69 Å². The molecule has 0 aromatic heterocycles. The summed E-state index contributed by atoms with van der Waals surface area (Å²) in [6, 6.07) is 12.5. The first-order valence-corrected chi connectivity index (χ1v) is 13.7. The van der Waals surface area contributed by atoms with Gasteiger partial charge < -0.3 is 29.0 Å². The molecule has 8 rings (SSSR count). The van der Waals surface area contributed by atoms with Gasteiger partial charge in [0.05, 0.1) is 38.3 Å². The average Bonchev–Trinajstić information content (AvgIpc) is 3.34. The van der Waals surface area contributed by atoms with Crippen molar-refractivity contribution in [3.05, 3.63) is 47.5 Å². The van der Waals surface area contributed by atoms with Crippen LogP contribution in [0.5, 0.6) is 17.2 Å². The predicted octanol–water partition coefficient (Wildman–Crippen LogP) is 3.45. The molecule has 1 spiro atoms. The van der Waals surface area contributed by atoms with Gasteiger partial charge in [0.1, 0.15) is 12.3 Å². The molecule has 5 heterocycles. The Morgan fingerprint density at radius 2 is 1.79 bits per heavy atom. The molecule has 2 aromatic rings. The van der Waals surface area contributed by atoms with Crippen LogP contribution >= 0.6 is 0 Å². The van der Waals surface area contributed by atoms with E-state index in [4.69, 9.17) is 18.9 Å². The lowest BCUT2D eigenvalue weighted by molar-refractivity contribution is -0.211. The first-order chi connectivity index (χ1) is 18.4. The maximum atomic E-state index is 13.9. The van der Waals surface area contributed by atoms with Crippen LogP contribution in [0.25, 0.3) is 0 Å². The first-order valence-electron chi connectivity index (χ1n) is 13.7. The van der Waals surface area contributed by atoms with E-state index in [1.54, 1.807) is 33.5 Å². The molecule has 1 aliphatic carbocycles. The van der Waals surface area contributed by atoms with Crippen molar-refractivity contribution in [2.75, 3.05) is 33.3 Å². The molecule has 10 atom stereocenters. The Bertz CT molecular complexity index is 1270. The maximum absolute atomic E-state index is 13.9. The van der Waals surface area contributed by atoms with E-state index in [9.17, 15) is 9.90 Å². The zero-order valence-corrected chi connectivity index (χ0v) is 22.6. The zero-order chi connectivity index (χ0) is 26.5. The third-order valence-corrected chi connectivity index (χ3v) is 10.6. The third kappa shape index (κ3) is 2.75. The Labute approximate surface area is 223 Å². The van der Waals surface area contributed by atoms with Crippen LogP contribution in [0.2, 0.25) is 0 Å². The lowest BCUT2D eigenvalue weighted by atomic mass is 9.62. The molecule has 2 aromatic carbocycles. The van der Waals surface area contributed by atoms with Gasteiger partial charge in [-0.3, -0.25) is 4.90 Å². The summed E-state index contributed by atoms with van der Waals surface area (Å²) >= 11 is 0. The van der Waals surface area contributed by atoms with E-state index in [1.807, 2.05) is 0 Å². The summed E-state index contributed by atoms with van der Waals surface area (Å²) in [4.78, 5) is 18.7. The molecule has 1 N–H and O–H groups in total. The van der Waals surface area contributed by atoms with E-state index in [-0.39, 0.29) is 47.4 Å². The minimum atomic E-state index is -0.440. The van der Waals surface area contributed by atoms with Crippen LogP contribution in [0, 0.1) is 17.8 Å². The monoisotopic (exact) mass is 520 g/mol. The number of aliphatic hydroxyl groups is 1.